The Morgan fingerprint density at radius 1 is 1.03 bits per heavy atom. The molecule has 33 heavy (non-hydrogen) atoms. The van der Waals surface area contributed by atoms with Gasteiger partial charge in [0.1, 0.15) is 11.5 Å². The van der Waals surface area contributed by atoms with Gasteiger partial charge in [0, 0.05) is 31.4 Å². The lowest BCUT2D eigenvalue weighted by atomic mass is 10.0. The van der Waals surface area contributed by atoms with Crippen LogP contribution in [0.15, 0.2) is 71.4 Å². The van der Waals surface area contributed by atoms with Gasteiger partial charge in [-0.3, -0.25) is 0 Å². The highest BCUT2D eigenvalue weighted by atomic mass is 16.5. The van der Waals surface area contributed by atoms with E-state index in [2.05, 4.69) is 4.98 Å². The van der Waals surface area contributed by atoms with Gasteiger partial charge in [-0.05, 0) is 55.7 Å². The first-order valence-electron chi connectivity index (χ1n) is 11.1. The molecule has 0 radical (unpaired) electrons. The molecule has 2 aromatic carbocycles. The highest BCUT2D eigenvalue weighted by molar-refractivity contribution is 5.91. The zero-order valence-electron chi connectivity index (χ0n) is 19.2. The molecule has 0 bridgehead atoms. The number of para-hydroxylation sites is 1. The Morgan fingerprint density at radius 2 is 1.79 bits per heavy atom. The van der Waals surface area contributed by atoms with E-state index in [1.165, 1.54) is 0 Å². The zero-order valence-corrected chi connectivity index (χ0v) is 19.2. The molecule has 0 saturated carbocycles. The van der Waals surface area contributed by atoms with Crippen molar-refractivity contribution in [1.29, 1.82) is 0 Å². The SMILES string of the molecule is CCOC(=O)c1cn(-c2ccccc2)cc1Cc1ccc(OCCc2nc(C)oc2C)cc1. The van der Waals surface area contributed by atoms with Gasteiger partial charge in [-0.15, -0.1) is 0 Å². The van der Waals surface area contributed by atoms with E-state index in [0.717, 1.165) is 34.0 Å². The lowest BCUT2D eigenvalue weighted by molar-refractivity contribution is 0.0525. The summed E-state index contributed by atoms with van der Waals surface area (Å²) in [6.45, 7) is 6.44. The van der Waals surface area contributed by atoms with Crippen LogP contribution in [0.5, 0.6) is 5.75 Å². The number of hydrogen-bond donors (Lipinski definition) is 0. The Labute approximate surface area is 193 Å². The fourth-order valence-corrected chi connectivity index (χ4v) is 3.77. The normalized spacial score (nSPS) is 10.9. The molecule has 4 aromatic rings. The number of ether oxygens (including phenoxy) is 2. The van der Waals surface area contributed by atoms with Crippen molar-refractivity contribution in [2.24, 2.45) is 0 Å². The maximum Gasteiger partial charge on any atom is 0.339 e. The molecule has 2 heterocycles. The van der Waals surface area contributed by atoms with Crippen LogP contribution < -0.4 is 4.74 Å². The molecule has 0 aliphatic carbocycles. The van der Waals surface area contributed by atoms with Crippen molar-refractivity contribution in [3.63, 3.8) is 0 Å². The Morgan fingerprint density at radius 3 is 2.45 bits per heavy atom. The van der Waals surface area contributed by atoms with Gasteiger partial charge < -0.3 is 18.5 Å². The topological polar surface area (TPSA) is 66.5 Å². The lowest BCUT2D eigenvalue weighted by Gasteiger charge is -2.07. The fourth-order valence-electron chi connectivity index (χ4n) is 3.77. The summed E-state index contributed by atoms with van der Waals surface area (Å²) >= 11 is 0. The largest absolute Gasteiger partial charge is 0.493 e. The molecular weight excluding hydrogens is 416 g/mol. The number of aryl methyl sites for hydroxylation is 2. The number of benzene rings is 2. The van der Waals surface area contributed by atoms with Crippen molar-refractivity contribution >= 4 is 5.97 Å². The molecule has 0 N–H and O–H groups in total. The molecular formula is C27H28N2O4. The minimum atomic E-state index is -0.305. The third-order valence-corrected chi connectivity index (χ3v) is 5.38. The van der Waals surface area contributed by atoms with E-state index in [0.29, 0.717) is 37.5 Å². The predicted molar refractivity (Wildman–Crippen MR) is 126 cm³/mol. The van der Waals surface area contributed by atoms with E-state index < -0.39 is 0 Å². The minimum Gasteiger partial charge on any atom is -0.493 e. The molecule has 0 aliphatic rings. The molecule has 6 nitrogen and oxygen atoms in total. The van der Waals surface area contributed by atoms with Gasteiger partial charge in [0.2, 0.25) is 0 Å². The summed E-state index contributed by atoms with van der Waals surface area (Å²) < 4.78 is 18.6. The number of esters is 1. The van der Waals surface area contributed by atoms with Gasteiger partial charge in [0.15, 0.2) is 5.89 Å². The van der Waals surface area contributed by atoms with E-state index in [1.807, 2.05) is 92.3 Å². The van der Waals surface area contributed by atoms with Gasteiger partial charge in [-0.25, -0.2) is 9.78 Å². The summed E-state index contributed by atoms with van der Waals surface area (Å²) in [4.78, 5) is 16.9. The quantitative estimate of drug-likeness (QED) is 0.320. The summed E-state index contributed by atoms with van der Waals surface area (Å²) in [6.07, 6.45) is 5.15. The van der Waals surface area contributed by atoms with E-state index in [1.54, 1.807) is 0 Å². The van der Waals surface area contributed by atoms with Crippen molar-refractivity contribution in [1.82, 2.24) is 9.55 Å². The van der Waals surface area contributed by atoms with Crippen LogP contribution in [0, 0.1) is 13.8 Å². The Hall–Kier alpha value is -3.80. The van der Waals surface area contributed by atoms with Gasteiger partial charge in [0.05, 0.1) is 24.5 Å². The highest BCUT2D eigenvalue weighted by Gasteiger charge is 2.17. The number of rotatable bonds is 9. The first-order valence-corrected chi connectivity index (χ1v) is 11.1. The van der Waals surface area contributed by atoms with Gasteiger partial charge in [-0.1, -0.05) is 30.3 Å². The summed E-state index contributed by atoms with van der Waals surface area (Å²) in [5, 5.41) is 0. The van der Waals surface area contributed by atoms with Crippen molar-refractivity contribution in [3.05, 3.63) is 101 Å². The molecule has 2 aromatic heterocycles. The van der Waals surface area contributed by atoms with Crippen molar-refractivity contribution in [3.8, 4) is 11.4 Å². The monoisotopic (exact) mass is 444 g/mol. The zero-order chi connectivity index (χ0) is 23.2. The second-order valence-corrected chi connectivity index (χ2v) is 7.82. The van der Waals surface area contributed by atoms with E-state index >= 15 is 0 Å². The molecule has 0 aliphatic heterocycles. The highest BCUT2D eigenvalue weighted by Crippen LogP contribution is 2.22. The summed E-state index contributed by atoms with van der Waals surface area (Å²) in [6, 6.07) is 17.9. The fraction of sp³-hybridized carbons (Fsp3) is 0.259. The maximum atomic E-state index is 12.5. The Kier molecular flexibility index (Phi) is 6.93. The third kappa shape index (κ3) is 5.52. The van der Waals surface area contributed by atoms with Crippen LogP contribution in [-0.2, 0) is 17.6 Å². The Balaban J connectivity index is 1.45. The van der Waals surface area contributed by atoms with Crippen LogP contribution in [0.4, 0.5) is 0 Å². The third-order valence-electron chi connectivity index (χ3n) is 5.38. The summed E-state index contributed by atoms with van der Waals surface area (Å²) in [5.41, 5.74) is 4.51. The first kappa shape index (κ1) is 22.4. The number of carbonyl (C=O) groups is 1. The second kappa shape index (κ2) is 10.2. The standard InChI is InChI=1S/C27H28N2O4/c1-4-31-27(30)25-18-29(23-8-6-5-7-9-23)17-22(25)16-21-10-12-24(13-11-21)32-15-14-26-19(2)33-20(3)28-26/h5-13,17-18H,4,14-16H2,1-3H3. The summed E-state index contributed by atoms with van der Waals surface area (Å²) in [5.74, 6) is 2.01. The second-order valence-electron chi connectivity index (χ2n) is 7.82. The van der Waals surface area contributed by atoms with Crippen molar-refractivity contribution in [2.75, 3.05) is 13.2 Å². The average molecular weight is 445 g/mol. The van der Waals surface area contributed by atoms with Gasteiger partial charge >= 0.3 is 5.97 Å². The number of nitrogens with zero attached hydrogens (tertiary/aromatic N) is 2. The van der Waals surface area contributed by atoms with Crippen LogP contribution >= 0.6 is 0 Å². The first-order chi connectivity index (χ1) is 16.0. The number of hydrogen-bond acceptors (Lipinski definition) is 5. The maximum absolute atomic E-state index is 12.5. The van der Waals surface area contributed by atoms with Crippen molar-refractivity contribution < 1.29 is 18.7 Å². The molecule has 170 valence electrons. The lowest BCUT2D eigenvalue weighted by Crippen LogP contribution is -2.06. The molecule has 0 atom stereocenters. The number of aromatic nitrogens is 2. The number of oxazole rings is 1. The van der Waals surface area contributed by atoms with Crippen LogP contribution in [0.2, 0.25) is 0 Å². The predicted octanol–water partition coefficient (Wildman–Crippen LogP) is 5.47. The van der Waals surface area contributed by atoms with Gasteiger partial charge in [-0.2, -0.15) is 0 Å². The van der Waals surface area contributed by atoms with Crippen LogP contribution in [0.1, 0.15) is 45.8 Å². The van der Waals surface area contributed by atoms with Crippen molar-refractivity contribution in [2.45, 2.75) is 33.6 Å². The van der Waals surface area contributed by atoms with Crippen LogP contribution in [-0.4, -0.2) is 28.7 Å². The molecule has 0 amide bonds. The molecule has 0 unspecified atom stereocenters. The molecule has 0 saturated heterocycles. The minimum absolute atomic E-state index is 0.305. The summed E-state index contributed by atoms with van der Waals surface area (Å²) in [7, 11) is 0. The molecule has 6 heteroatoms. The Bertz CT molecular complexity index is 1210. The molecule has 4 rings (SSSR count). The number of carbonyl (C=O) groups excluding carboxylic acids is 1. The average Bonchev–Trinajstić information content (AvgIpc) is 3.38. The molecule has 0 spiro atoms. The smallest absolute Gasteiger partial charge is 0.339 e. The van der Waals surface area contributed by atoms with E-state index in [4.69, 9.17) is 13.9 Å². The molecule has 0 fully saturated rings. The van der Waals surface area contributed by atoms with Gasteiger partial charge in [0.25, 0.3) is 0 Å². The van der Waals surface area contributed by atoms with E-state index in [-0.39, 0.29) is 5.97 Å². The van der Waals surface area contributed by atoms with Crippen LogP contribution in [0.25, 0.3) is 5.69 Å². The van der Waals surface area contributed by atoms with Crippen LogP contribution in [0.3, 0.4) is 0 Å². The van der Waals surface area contributed by atoms with E-state index in [9.17, 15) is 4.79 Å².